The Hall–Kier alpha value is -2.42. The van der Waals surface area contributed by atoms with E-state index in [1.54, 1.807) is 7.05 Å². The van der Waals surface area contributed by atoms with Gasteiger partial charge in [0.05, 0.1) is 6.54 Å². The molecule has 2 heterocycles. The van der Waals surface area contributed by atoms with Crippen LogP contribution in [0.3, 0.4) is 0 Å². The highest BCUT2D eigenvalue weighted by Crippen LogP contribution is 2.38. The van der Waals surface area contributed by atoms with Crippen LogP contribution in [0.25, 0.3) is 0 Å². The van der Waals surface area contributed by atoms with Crippen molar-refractivity contribution in [1.29, 1.82) is 0 Å². The molecule has 4 amide bonds. The summed E-state index contributed by atoms with van der Waals surface area (Å²) in [5.74, 6) is -1.48. The Morgan fingerprint density at radius 1 is 1.39 bits per heavy atom. The van der Waals surface area contributed by atoms with E-state index in [0.29, 0.717) is 13.0 Å². The van der Waals surface area contributed by atoms with Crippen LogP contribution in [0.5, 0.6) is 0 Å². The van der Waals surface area contributed by atoms with Crippen LogP contribution in [0.1, 0.15) is 37.5 Å². The van der Waals surface area contributed by atoms with Crippen molar-refractivity contribution >= 4 is 35.2 Å². The molecular formula is C19H25N3O5S. The van der Waals surface area contributed by atoms with E-state index in [0.717, 1.165) is 29.0 Å². The van der Waals surface area contributed by atoms with E-state index < -0.39 is 30.7 Å². The summed E-state index contributed by atoms with van der Waals surface area (Å²) in [5.41, 5.74) is -0.910. The first-order valence-electron chi connectivity index (χ1n) is 9.39. The molecule has 1 aliphatic carbocycles. The number of amides is 4. The standard InChI is InChI=1S/C19H25N3O5S/c1-13-6-3-4-8-19(13)17(25)22(18(26)20-19)11-16(24)27-12-15(23)21(2)10-14-7-5-9-28-14/h5,7,9,13H,3-4,6,8,10-12H2,1-2H3,(H,20,26)/t13-,19+/m0/s1. The summed E-state index contributed by atoms with van der Waals surface area (Å²) < 4.78 is 5.00. The minimum absolute atomic E-state index is 0.0196. The Morgan fingerprint density at radius 2 is 2.18 bits per heavy atom. The number of urea groups is 1. The molecule has 3 rings (SSSR count). The van der Waals surface area contributed by atoms with Gasteiger partial charge in [-0.1, -0.05) is 25.8 Å². The number of hydrogen-bond acceptors (Lipinski definition) is 6. The van der Waals surface area contributed by atoms with Gasteiger partial charge < -0.3 is 15.0 Å². The highest BCUT2D eigenvalue weighted by molar-refractivity contribution is 7.09. The summed E-state index contributed by atoms with van der Waals surface area (Å²) in [4.78, 5) is 52.7. The molecule has 1 spiro atoms. The average molecular weight is 407 g/mol. The van der Waals surface area contributed by atoms with Crippen LogP contribution in [-0.4, -0.2) is 59.4 Å². The largest absolute Gasteiger partial charge is 0.454 e. The number of carbonyl (C=O) groups excluding carboxylic acids is 4. The van der Waals surface area contributed by atoms with Crippen LogP contribution in [0.4, 0.5) is 4.79 Å². The van der Waals surface area contributed by atoms with Crippen LogP contribution in [0, 0.1) is 5.92 Å². The van der Waals surface area contributed by atoms with E-state index >= 15 is 0 Å². The molecule has 1 saturated carbocycles. The number of nitrogens with one attached hydrogen (secondary N) is 1. The van der Waals surface area contributed by atoms with Gasteiger partial charge in [-0.05, 0) is 30.2 Å². The Bertz CT molecular complexity index is 766. The predicted octanol–water partition coefficient (Wildman–Crippen LogP) is 1.75. The number of ether oxygens (including phenoxy) is 1. The molecular weight excluding hydrogens is 382 g/mol. The van der Waals surface area contributed by atoms with Crippen LogP contribution in [0.15, 0.2) is 17.5 Å². The third-order valence-corrected chi connectivity index (χ3v) is 6.41. The molecule has 1 aromatic rings. The third-order valence-electron chi connectivity index (χ3n) is 5.54. The number of rotatable bonds is 6. The number of nitrogens with zero attached hydrogens (tertiary/aromatic N) is 2. The van der Waals surface area contributed by atoms with Crippen molar-refractivity contribution in [1.82, 2.24) is 15.1 Å². The second kappa shape index (κ2) is 8.30. The van der Waals surface area contributed by atoms with Crippen molar-refractivity contribution < 1.29 is 23.9 Å². The SMILES string of the molecule is C[C@H]1CCCC[C@@]12NC(=O)N(CC(=O)OCC(=O)N(C)Cc1cccs1)C2=O. The second-order valence-electron chi connectivity index (χ2n) is 7.43. The molecule has 1 N–H and O–H groups in total. The fraction of sp³-hybridized carbons (Fsp3) is 0.579. The second-order valence-corrected chi connectivity index (χ2v) is 8.46. The highest BCUT2D eigenvalue weighted by Gasteiger charge is 2.55. The first kappa shape index (κ1) is 20.3. The van der Waals surface area contributed by atoms with Crippen molar-refractivity contribution in [2.45, 2.75) is 44.7 Å². The molecule has 1 aromatic heterocycles. The Morgan fingerprint density at radius 3 is 2.86 bits per heavy atom. The predicted molar refractivity (Wildman–Crippen MR) is 102 cm³/mol. The molecule has 28 heavy (non-hydrogen) atoms. The molecule has 2 atom stereocenters. The smallest absolute Gasteiger partial charge is 0.326 e. The number of thiophene rings is 1. The zero-order valence-electron chi connectivity index (χ0n) is 16.1. The van der Waals surface area contributed by atoms with Crippen molar-refractivity contribution in [2.24, 2.45) is 5.92 Å². The minimum Gasteiger partial charge on any atom is -0.454 e. The summed E-state index contributed by atoms with van der Waals surface area (Å²) in [6.07, 6.45) is 3.32. The first-order chi connectivity index (χ1) is 13.3. The lowest BCUT2D eigenvalue weighted by Gasteiger charge is -2.36. The lowest BCUT2D eigenvalue weighted by molar-refractivity contribution is -0.153. The van der Waals surface area contributed by atoms with Gasteiger partial charge in [0.25, 0.3) is 11.8 Å². The van der Waals surface area contributed by atoms with Crippen LogP contribution in [-0.2, 0) is 25.7 Å². The lowest BCUT2D eigenvalue weighted by atomic mass is 9.73. The number of carbonyl (C=O) groups is 4. The van der Waals surface area contributed by atoms with E-state index in [1.807, 2.05) is 24.4 Å². The Labute approximate surface area is 167 Å². The summed E-state index contributed by atoms with van der Waals surface area (Å²) in [5, 5.41) is 4.71. The Balaban J connectivity index is 1.51. The van der Waals surface area contributed by atoms with Crippen molar-refractivity contribution in [3.8, 4) is 0 Å². The van der Waals surface area contributed by atoms with Gasteiger partial charge in [-0.25, -0.2) is 4.79 Å². The molecule has 0 aromatic carbocycles. The molecule has 152 valence electrons. The van der Waals surface area contributed by atoms with E-state index in [1.165, 1.54) is 16.2 Å². The molecule has 0 bridgehead atoms. The maximum atomic E-state index is 12.8. The maximum Gasteiger partial charge on any atom is 0.326 e. The lowest BCUT2D eigenvalue weighted by Crippen LogP contribution is -2.54. The van der Waals surface area contributed by atoms with Crippen LogP contribution >= 0.6 is 11.3 Å². The van der Waals surface area contributed by atoms with E-state index in [4.69, 9.17) is 4.74 Å². The molecule has 2 aliphatic rings. The van der Waals surface area contributed by atoms with Crippen molar-refractivity contribution in [3.63, 3.8) is 0 Å². The normalized spacial score (nSPS) is 24.4. The van der Waals surface area contributed by atoms with E-state index in [9.17, 15) is 19.2 Å². The maximum absolute atomic E-state index is 12.8. The average Bonchev–Trinajstić information content (AvgIpc) is 3.25. The summed E-state index contributed by atoms with van der Waals surface area (Å²) in [6, 6.07) is 3.24. The fourth-order valence-corrected chi connectivity index (χ4v) is 4.55. The van der Waals surface area contributed by atoms with Gasteiger partial charge in [-0.15, -0.1) is 11.3 Å². The van der Waals surface area contributed by atoms with E-state index in [-0.39, 0.29) is 17.7 Å². The highest BCUT2D eigenvalue weighted by atomic mass is 32.1. The van der Waals surface area contributed by atoms with Gasteiger partial charge in [0.1, 0.15) is 12.1 Å². The quantitative estimate of drug-likeness (QED) is 0.573. The number of esters is 1. The minimum atomic E-state index is -0.910. The first-order valence-corrected chi connectivity index (χ1v) is 10.3. The third kappa shape index (κ3) is 4.04. The Kier molecular flexibility index (Phi) is 6.02. The van der Waals surface area contributed by atoms with Gasteiger partial charge >= 0.3 is 12.0 Å². The summed E-state index contributed by atoms with van der Waals surface area (Å²) in [6.45, 7) is 1.47. The van der Waals surface area contributed by atoms with Gasteiger partial charge in [0, 0.05) is 11.9 Å². The molecule has 9 heteroatoms. The molecule has 0 radical (unpaired) electrons. The summed E-state index contributed by atoms with van der Waals surface area (Å²) >= 11 is 1.54. The monoisotopic (exact) mass is 407 g/mol. The zero-order chi connectivity index (χ0) is 20.3. The van der Waals surface area contributed by atoms with Crippen molar-refractivity contribution in [3.05, 3.63) is 22.4 Å². The van der Waals surface area contributed by atoms with Gasteiger partial charge in [0.15, 0.2) is 6.61 Å². The molecule has 1 saturated heterocycles. The van der Waals surface area contributed by atoms with Crippen LogP contribution < -0.4 is 5.32 Å². The van der Waals surface area contributed by atoms with Gasteiger partial charge in [0.2, 0.25) is 0 Å². The van der Waals surface area contributed by atoms with Crippen LogP contribution in [0.2, 0.25) is 0 Å². The van der Waals surface area contributed by atoms with E-state index in [2.05, 4.69) is 5.32 Å². The van der Waals surface area contributed by atoms with Gasteiger partial charge in [-0.3, -0.25) is 19.3 Å². The fourth-order valence-electron chi connectivity index (χ4n) is 3.79. The summed E-state index contributed by atoms with van der Waals surface area (Å²) in [7, 11) is 1.63. The molecule has 0 unspecified atom stereocenters. The molecule has 8 nitrogen and oxygen atoms in total. The molecule has 1 aliphatic heterocycles. The number of likely N-dealkylation sites (N-methyl/N-ethyl adjacent to an activating group) is 1. The number of imide groups is 1. The molecule has 2 fully saturated rings. The zero-order valence-corrected chi connectivity index (χ0v) is 16.9. The van der Waals surface area contributed by atoms with Gasteiger partial charge in [-0.2, -0.15) is 0 Å². The number of hydrogen-bond donors (Lipinski definition) is 1. The van der Waals surface area contributed by atoms with Crippen molar-refractivity contribution in [2.75, 3.05) is 20.2 Å². The topological polar surface area (TPSA) is 96.0 Å².